The summed E-state index contributed by atoms with van der Waals surface area (Å²) in [5.74, 6) is -0.699. The van der Waals surface area contributed by atoms with Crippen LogP contribution in [0.4, 0.5) is 4.79 Å². The number of nitrogens with one attached hydrogen (secondary N) is 1. The van der Waals surface area contributed by atoms with Gasteiger partial charge in [-0.3, -0.25) is 15.0 Å². The number of ether oxygens (including phenoxy) is 3. The van der Waals surface area contributed by atoms with Crippen LogP contribution >= 0.6 is 0 Å². The van der Waals surface area contributed by atoms with Crippen LogP contribution in [0.1, 0.15) is 50.2 Å². The van der Waals surface area contributed by atoms with Crippen molar-refractivity contribution in [3.05, 3.63) is 101 Å². The lowest BCUT2D eigenvalue weighted by Crippen LogP contribution is -2.42. The Bertz CT molecular complexity index is 1520. The Balaban J connectivity index is 1.02. The van der Waals surface area contributed by atoms with Crippen LogP contribution in [0.15, 0.2) is 72.8 Å². The van der Waals surface area contributed by atoms with Gasteiger partial charge in [0.15, 0.2) is 12.4 Å². The molecule has 0 bridgehead atoms. The van der Waals surface area contributed by atoms with Crippen molar-refractivity contribution in [1.82, 2.24) is 9.80 Å². The van der Waals surface area contributed by atoms with Gasteiger partial charge in [0.05, 0.1) is 6.54 Å². The number of hydrogen-bond donors (Lipinski definition) is 2. The molecule has 0 aliphatic carbocycles. The number of amides is 2. The number of carbonyl (C=O) groups excluding carboxylic acids is 4. The Morgan fingerprint density at radius 2 is 1.63 bits per heavy atom. The minimum Gasteiger partial charge on any atom is -0.482 e. The standard InChI is InChI=1S/C32H32N4O7/c33-30(34)23-8-11-27-24(16-23)17-36(31(27)39)18-28(37)22-6-9-25(10-7-22)41-20-29(38)43-26-12-14-35(15-13-26)32(40)42-19-21-4-2-1-3-5-21/h1-11,16,26H,12-15,17-20H2,(H3,33,34). The normalized spacial score (nSPS) is 14.7. The number of nitrogens with two attached hydrogens (primary N) is 1. The summed E-state index contributed by atoms with van der Waals surface area (Å²) < 4.78 is 16.4. The first-order valence-electron chi connectivity index (χ1n) is 13.9. The molecule has 43 heavy (non-hydrogen) atoms. The zero-order valence-corrected chi connectivity index (χ0v) is 23.5. The predicted molar refractivity (Wildman–Crippen MR) is 156 cm³/mol. The molecule has 2 heterocycles. The SMILES string of the molecule is N=C(N)c1ccc2c(c1)CN(CC(=O)c1ccc(OCC(=O)OC3CCN(C(=O)OCc4ccccc4)CC3)cc1)C2=O. The van der Waals surface area contributed by atoms with Crippen LogP contribution in [-0.2, 0) is 27.4 Å². The van der Waals surface area contributed by atoms with Crippen molar-refractivity contribution < 1.29 is 33.4 Å². The predicted octanol–water partition coefficient (Wildman–Crippen LogP) is 3.53. The van der Waals surface area contributed by atoms with Crippen LogP contribution in [-0.4, -0.2) is 71.7 Å². The van der Waals surface area contributed by atoms with Crippen LogP contribution in [0.25, 0.3) is 0 Å². The second-order valence-electron chi connectivity index (χ2n) is 10.4. The highest BCUT2D eigenvalue weighted by molar-refractivity contribution is 6.05. The van der Waals surface area contributed by atoms with Crippen molar-refractivity contribution in [1.29, 1.82) is 5.41 Å². The minimum absolute atomic E-state index is 0.0837. The molecule has 0 aromatic heterocycles. The van der Waals surface area contributed by atoms with Gasteiger partial charge in [0.25, 0.3) is 5.91 Å². The van der Waals surface area contributed by atoms with E-state index in [0.29, 0.717) is 48.4 Å². The summed E-state index contributed by atoms with van der Waals surface area (Å²) in [5, 5.41) is 7.58. The lowest BCUT2D eigenvalue weighted by atomic mass is 10.1. The van der Waals surface area contributed by atoms with E-state index in [1.807, 2.05) is 30.3 Å². The lowest BCUT2D eigenvalue weighted by Gasteiger charge is -2.31. The maximum Gasteiger partial charge on any atom is 0.410 e. The highest BCUT2D eigenvalue weighted by atomic mass is 16.6. The second-order valence-corrected chi connectivity index (χ2v) is 10.4. The van der Waals surface area contributed by atoms with Gasteiger partial charge in [-0.25, -0.2) is 9.59 Å². The van der Waals surface area contributed by atoms with Crippen molar-refractivity contribution >= 4 is 29.6 Å². The Morgan fingerprint density at radius 3 is 2.33 bits per heavy atom. The van der Waals surface area contributed by atoms with Gasteiger partial charge in [-0.1, -0.05) is 36.4 Å². The van der Waals surface area contributed by atoms with E-state index in [-0.39, 0.29) is 56.0 Å². The minimum atomic E-state index is -0.523. The maximum absolute atomic E-state index is 12.8. The second kappa shape index (κ2) is 13.2. The molecule has 5 rings (SSSR count). The number of rotatable bonds is 10. The van der Waals surface area contributed by atoms with E-state index in [0.717, 1.165) is 11.1 Å². The van der Waals surface area contributed by atoms with Crippen LogP contribution in [0, 0.1) is 5.41 Å². The zero-order chi connectivity index (χ0) is 30.3. The number of nitrogen functional groups attached to an aromatic ring is 1. The molecule has 0 radical (unpaired) electrons. The summed E-state index contributed by atoms with van der Waals surface area (Å²) in [6.07, 6.45) is 0.304. The van der Waals surface area contributed by atoms with Gasteiger partial charge >= 0.3 is 12.1 Å². The van der Waals surface area contributed by atoms with E-state index in [2.05, 4.69) is 0 Å². The Kier molecular flexibility index (Phi) is 8.99. The number of hydrogen-bond acceptors (Lipinski definition) is 8. The fraction of sp³-hybridized carbons (Fsp3) is 0.281. The molecule has 1 saturated heterocycles. The first kappa shape index (κ1) is 29.3. The van der Waals surface area contributed by atoms with E-state index >= 15 is 0 Å². The summed E-state index contributed by atoms with van der Waals surface area (Å²) in [4.78, 5) is 53.3. The summed E-state index contributed by atoms with van der Waals surface area (Å²) >= 11 is 0. The van der Waals surface area contributed by atoms with E-state index in [1.54, 1.807) is 47.4 Å². The molecule has 1 fully saturated rings. The third-order valence-corrected chi connectivity index (χ3v) is 7.37. The molecule has 0 spiro atoms. The number of fused-ring (bicyclic) bond motifs is 1. The van der Waals surface area contributed by atoms with Crippen molar-refractivity contribution in [2.45, 2.75) is 32.1 Å². The number of ketones is 1. The molecule has 11 heteroatoms. The van der Waals surface area contributed by atoms with E-state index < -0.39 is 5.97 Å². The zero-order valence-electron chi connectivity index (χ0n) is 23.5. The number of carbonyl (C=O) groups is 4. The van der Waals surface area contributed by atoms with E-state index in [9.17, 15) is 19.2 Å². The van der Waals surface area contributed by atoms with E-state index in [4.69, 9.17) is 25.4 Å². The summed E-state index contributed by atoms with van der Waals surface area (Å²) in [7, 11) is 0. The summed E-state index contributed by atoms with van der Waals surface area (Å²) in [5.41, 5.74) is 8.61. The van der Waals surface area contributed by atoms with E-state index in [1.165, 1.54) is 4.90 Å². The van der Waals surface area contributed by atoms with Crippen LogP contribution in [0.5, 0.6) is 5.75 Å². The topological polar surface area (TPSA) is 152 Å². The molecule has 3 N–H and O–H groups in total. The number of amidine groups is 1. The molecule has 3 aromatic carbocycles. The van der Waals surface area contributed by atoms with Crippen LogP contribution in [0.3, 0.4) is 0 Å². The fourth-order valence-electron chi connectivity index (χ4n) is 5.01. The number of benzene rings is 3. The quantitative estimate of drug-likeness (QED) is 0.159. The van der Waals surface area contributed by atoms with Gasteiger partial charge in [0.1, 0.15) is 24.3 Å². The Labute approximate surface area is 248 Å². The number of esters is 1. The Hall–Kier alpha value is -5.19. The van der Waals surface area contributed by atoms with Gasteiger partial charge < -0.3 is 29.7 Å². The number of nitrogens with zero attached hydrogens (tertiary/aromatic N) is 2. The first-order valence-corrected chi connectivity index (χ1v) is 13.9. The van der Waals surface area contributed by atoms with Crippen molar-refractivity contribution in [3.63, 3.8) is 0 Å². The average molecular weight is 585 g/mol. The molecule has 2 amide bonds. The molecule has 0 atom stereocenters. The molecule has 3 aromatic rings. The lowest BCUT2D eigenvalue weighted by molar-refractivity contribution is -0.153. The number of Topliss-reactive ketones (excluding diaryl/α,β-unsaturated/α-hetero) is 1. The first-order chi connectivity index (χ1) is 20.8. The fourth-order valence-corrected chi connectivity index (χ4v) is 5.01. The van der Waals surface area contributed by atoms with Crippen molar-refractivity contribution in [3.8, 4) is 5.75 Å². The van der Waals surface area contributed by atoms with Gasteiger partial charge in [-0.2, -0.15) is 0 Å². The molecule has 0 saturated carbocycles. The Morgan fingerprint density at radius 1 is 0.930 bits per heavy atom. The molecule has 222 valence electrons. The molecule has 11 nitrogen and oxygen atoms in total. The van der Waals surface area contributed by atoms with Crippen LogP contribution in [0.2, 0.25) is 0 Å². The molecular formula is C32H32N4O7. The largest absolute Gasteiger partial charge is 0.482 e. The number of piperidine rings is 1. The molecule has 0 unspecified atom stereocenters. The molecule has 2 aliphatic heterocycles. The van der Waals surface area contributed by atoms with Crippen molar-refractivity contribution in [2.24, 2.45) is 5.73 Å². The van der Waals surface area contributed by atoms with Gasteiger partial charge in [0, 0.05) is 49.2 Å². The summed E-state index contributed by atoms with van der Waals surface area (Å²) in [6, 6.07) is 20.7. The van der Waals surface area contributed by atoms with Gasteiger partial charge in [-0.15, -0.1) is 0 Å². The van der Waals surface area contributed by atoms with Crippen LogP contribution < -0.4 is 10.5 Å². The highest BCUT2D eigenvalue weighted by Gasteiger charge is 2.29. The maximum atomic E-state index is 12.8. The monoisotopic (exact) mass is 584 g/mol. The third kappa shape index (κ3) is 7.37. The summed E-state index contributed by atoms with van der Waals surface area (Å²) in [6.45, 7) is 0.931. The highest BCUT2D eigenvalue weighted by Crippen LogP contribution is 2.24. The smallest absolute Gasteiger partial charge is 0.410 e. The van der Waals surface area contributed by atoms with Gasteiger partial charge in [-0.05, 0) is 47.5 Å². The average Bonchev–Trinajstić information content (AvgIpc) is 3.33. The van der Waals surface area contributed by atoms with Crippen molar-refractivity contribution in [2.75, 3.05) is 26.2 Å². The molecule has 2 aliphatic rings. The number of likely N-dealkylation sites (tertiary alicyclic amines) is 1. The molecular weight excluding hydrogens is 552 g/mol. The third-order valence-electron chi connectivity index (χ3n) is 7.37. The van der Waals surface area contributed by atoms with Gasteiger partial charge in [0.2, 0.25) is 0 Å².